The Morgan fingerprint density at radius 3 is 1.19 bits per heavy atom. The third-order valence-electron chi connectivity index (χ3n) is 12.3. The van der Waals surface area contributed by atoms with Crippen molar-refractivity contribution in [2.75, 3.05) is 0 Å². The second-order valence-electron chi connectivity index (χ2n) is 14.8. The van der Waals surface area contributed by atoms with Crippen LogP contribution < -0.4 is 16.4 Å². The van der Waals surface area contributed by atoms with Gasteiger partial charge in [-0.05, 0) is 92.3 Å². The van der Waals surface area contributed by atoms with E-state index in [1.165, 1.54) is 115 Å². The molecule has 0 aliphatic carbocycles. The van der Waals surface area contributed by atoms with Gasteiger partial charge in [0, 0.05) is 32.9 Å². The minimum absolute atomic E-state index is 0.0641. The molecule has 9 aromatic carbocycles. The van der Waals surface area contributed by atoms with Crippen molar-refractivity contribution in [3.63, 3.8) is 0 Å². The Labute approximate surface area is 305 Å². The maximum absolute atomic E-state index is 2.55. The van der Waals surface area contributed by atoms with Crippen LogP contribution in [-0.2, 0) is 0 Å². The van der Waals surface area contributed by atoms with Crippen LogP contribution in [0.15, 0.2) is 176 Å². The third-order valence-corrected chi connectivity index (χ3v) is 12.3. The van der Waals surface area contributed by atoms with Gasteiger partial charge in [-0.15, -0.1) is 0 Å². The summed E-state index contributed by atoms with van der Waals surface area (Å²) in [6.07, 6.45) is 0. The van der Waals surface area contributed by atoms with Gasteiger partial charge in [-0.3, -0.25) is 0 Å². The van der Waals surface area contributed by atoms with Gasteiger partial charge in [-0.2, -0.15) is 0 Å². The normalized spacial score (nSPS) is 12.9. The topological polar surface area (TPSA) is 9.86 Å². The first-order valence-corrected chi connectivity index (χ1v) is 18.6. The van der Waals surface area contributed by atoms with Crippen molar-refractivity contribution in [1.82, 2.24) is 9.13 Å². The summed E-state index contributed by atoms with van der Waals surface area (Å²) in [7, 11) is 0. The molecule has 0 radical (unpaired) electrons. The zero-order valence-electron chi connectivity index (χ0n) is 28.7. The fraction of sp³-hybridized carbons (Fsp3) is 0. The molecule has 0 bridgehead atoms. The smallest absolute Gasteiger partial charge is 0.244 e. The SMILES string of the molecule is c1ccc(-n2c3ccccc3c3c4cccc5c4c(cc32)B2c3c-5cccc3-c3cccc4c3c2cc2c4c3ccccc3n2-c2ccccc2)cc1. The molecule has 2 aliphatic heterocycles. The minimum Gasteiger partial charge on any atom is -0.309 e. The molecule has 0 amide bonds. The van der Waals surface area contributed by atoms with Gasteiger partial charge in [0.25, 0.3) is 0 Å². The van der Waals surface area contributed by atoms with Crippen molar-refractivity contribution in [3.05, 3.63) is 176 Å². The molecule has 0 fully saturated rings. The Kier molecular flexibility index (Phi) is 5.22. The second-order valence-corrected chi connectivity index (χ2v) is 14.8. The van der Waals surface area contributed by atoms with Gasteiger partial charge in [0.1, 0.15) is 0 Å². The third kappa shape index (κ3) is 3.41. The molecule has 4 heterocycles. The van der Waals surface area contributed by atoms with Gasteiger partial charge in [0.2, 0.25) is 6.71 Å². The summed E-state index contributed by atoms with van der Waals surface area (Å²) in [5.41, 5.74) is 16.9. The predicted octanol–water partition coefficient (Wildman–Crippen LogP) is 10.7. The van der Waals surface area contributed by atoms with Gasteiger partial charge < -0.3 is 9.13 Å². The molecule has 2 aliphatic rings. The lowest BCUT2D eigenvalue weighted by Gasteiger charge is -2.34. The molecule has 0 atom stereocenters. The van der Waals surface area contributed by atoms with Crippen molar-refractivity contribution in [2.24, 2.45) is 0 Å². The van der Waals surface area contributed by atoms with Crippen LogP contribution in [0.5, 0.6) is 0 Å². The Bertz CT molecular complexity index is 3160. The summed E-state index contributed by atoms with van der Waals surface area (Å²) in [6, 6.07) is 65.7. The summed E-state index contributed by atoms with van der Waals surface area (Å²) in [6.45, 7) is 0.0641. The van der Waals surface area contributed by atoms with Crippen molar-refractivity contribution in [3.8, 4) is 33.6 Å². The molecule has 3 heteroatoms. The number of nitrogens with zero attached hydrogens (tertiary/aromatic N) is 2. The maximum atomic E-state index is 2.55. The quantitative estimate of drug-likeness (QED) is 0.162. The van der Waals surface area contributed by atoms with Gasteiger partial charge in [-0.25, -0.2) is 0 Å². The van der Waals surface area contributed by atoms with Gasteiger partial charge in [-0.1, -0.05) is 144 Å². The first kappa shape index (κ1) is 27.8. The molecular weight excluding hydrogens is 639 g/mol. The number of hydrogen-bond acceptors (Lipinski definition) is 0. The number of rotatable bonds is 2. The van der Waals surface area contributed by atoms with E-state index in [9.17, 15) is 0 Å². The Balaban J connectivity index is 1.25. The van der Waals surface area contributed by atoms with Crippen molar-refractivity contribution in [1.29, 1.82) is 0 Å². The van der Waals surface area contributed by atoms with E-state index in [1.54, 1.807) is 0 Å². The lowest BCUT2D eigenvalue weighted by atomic mass is 9.31. The monoisotopic (exact) mass is 668 g/mol. The molecule has 0 saturated heterocycles. The molecule has 0 unspecified atom stereocenters. The molecule has 53 heavy (non-hydrogen) atoms. The van der Waals surface area contributed by atoms with Crippen LogP contribution in [0.3, 0.4) is 0 Å². The van der Waals surface area contributed by atoms with Gasteiger partial charge >= 0.3 is 0 Å². The van der Waals surface area contributed by atoms with E-state index in [0.717, 1.165) is 0 Å². The minimum atomic E-state index is 0.0641. The zero-order valence-corrected chi connectivity index (χ0v) is 28.7. The van der Waals surface area contributed by atoms with Gasteiger partial charge in [0.05, 0.1) is 22.1 Å². The number of para-hydroxylation sites is 4. The Morgan fingerprint density at radius 1 is 0.302 bits per heavy atom. The number of fused-ring (bicyclic) bond motifs is 12. The first-order valence-electron chi connectivity index (χ1n) is 18.6. The van der Waals surface area contributed by atoms with Crippen LogP contribution >= 0.6 is 0 Å². The van der Waals surface area contributed by atoms with E-state index in [-0.39, 0.29) is 6.71 Å². The van der Waals surface area contributed by atoms with Gasteiger partial charge in [0.15, 0.2) is 0 Å². The number of benzene rings is 9. The Morgan fingerprint density at radius 2 is 0.698 bits per heavy atom. The summed E-state index contributed by atoms with van der Waals surface area (Å²) >= 11 is 0. The molecule has 2 nitrogen and oxygen atoms in total. The van der Waals surface area contributed by atoms with Crippen LogP contribution in [0.1, 0.15) is 0 Å². The highest BCUT2D eigenvalue weighted by molar-refractivity contribution is 7.01. The fourth-order valence-electron chi connectivity index (χ4n) is 10.4. The van der Waals surface area contributed by atoms with Crippen molar-refractivity contribution < 1.29 is 0 Å². The number of hydrogen-bond donors (Lipinski definition) is 0. The van der Waals surface area contributed by atoms with Crippen molar-refractivity contribution >= 4 is 88.3 Å². The average molecular weight is 669 g/mol. The highest BCUT2D eigenvalue weighted by atomic mass is 15.0. The molecule has 242 valence electrons. The fourth-order valence-corrected chi connectivity index (χ4v) is 10.4. The lowest BCUT2D eigenvalue weighted by Crippen LogP contribution is -2.57. The van der Waals surface area contributed by atoms with E-state index in [1.807, 2.05) is 0 Å². The summed E-state index contributed by atoms with van der Waals surface area (Å²) < 4.78 is 4.97. The van der Waals surface area contributed by atoms with E-state index in [4.69, 9.17) is 0 Å². The lowest BCUT2D eigenvalue weighted by molar-refractivity contribution is 1.18. The average Bonchev–Trinajstić information content (AvgIpc) is 3.74. The maximum Gasteiger partial charge on any atom is 0.244 e. The Hall–Kier alpha value is -6.84. The summed E-state index contributed by atoms with van der Waals surface area (Å²) in [5, 5.41) is 10.6. The highest BCUT2D eigenvalue weighted by Crippen LogP contribution is 2.45. The molecule has 0 N–H and O–H groups in total. The molecular formula is C50H29BN2. The standard InChI is InChI=1S/C50H29BN2/c1-3-14-30(15-4-1)52-42-26-9-7-18-36(42)48-38-24-11-20-32-34-22-13-23-35-33-21-12-25-39-47(33)41(51(50(34)35)40(46(32)38)28-44(48)52)29-45-49(39)37-19-8-10-27-43(37)53(45)31-16-5-2-6-17-31/h1-29H. The summed E-state index contributed by atoms with van der Waals surface area (Å²) in [5.74, 6) is 0. The first-order chi connectivity index (χ1) is 26.3. The zero-order chi connectivity index (χ0) is 34.4. The van der Waals surface area contributed by atoms with Crippen LogP contribution in [0.2, 0.25) is 0 Å². The van der Waals surface area contributed by atoms with Crippen LogP contribution in [0.25, 0.3) is 98.8 Å². The molecule has 11 aromatic rings. The molecule has 0 saturated carbocycles. The van der Waals surface area contributed by atoms with Crippen LogP contribution in [0, 0.1) is 0 Å². The van der Waals surface area contributed by atoms with E-state index in [2.05, 4.69) is 185 Å². The molecule has 13 rings (SSSR count). The largest absolute Gasteiger partial charge is 0.309 e. The molecule has 2 aromatic heterocycles. The molecule has 0 spiro atoms. The van der Waals surface area contributed by atoms with Crippen LogP contribution in [0.4, 0.5) is 0 Å². The van der Waals surface area contributed by atoms with E-state index >= 15 is 0 Å². The predicted molar refractivity (Wildman–Crippen MR) is 226 cm³/mol. The highest BCUT2D eigenvalue weighted by Gasteiger charge is 2.40. The number of aromatic nitrogens is 2. The van der Waals surface area contributed by atoms with Crippen LogP contribution in [-0.4, -0.2) is 15.8 Å². The summed E-state index contributed by atoms with van der Waals surface area (Å²) in [4.78, 5) is 0. The van der Waals surface area contributed by atoms with E-state index in [0.29, 0.717) is 0 Å². The van der Waals surface area contributed by atoms with Crippen molar-refractivity contribution in [2.45, 2.75) is 0 Å². The van der Waals surface area contributed by atoms with E-state index < -0.39 is 0 Å². The second kappa shape index (κ2) is 9.94.